The van der Waals surface area contributed by atoms with Gasteiger partial charge in [-0.15, -0.1) is 11.3 Å². The number of carbonyl (C=O) groups is 2. The van der Waals surface area contributed by atoms with Crippen LogP contribution in [-0.4, -0.2) is 28.0 Å². The first-order chi connectivity index (χ1) is 9.63. The third kappa shape index (κ3) is 2.22. The smallest absolute Gasteiger partial charge is 0.306 e. The van der Waals surface area contributed by atoms with E-state index in [0.29, 0.717) is 17.5 Å². The second-order valence-electron chi connectivity index (χ2n) is 6.17. The fourth-order valence-electron chi connectivity index (χ4n) is 2.98. The van der Waals surface area contributed by atoms with Gasteiger partial charge in [-0.3, -0.25) is 9.59 Å². The maximum atomic E-state index is 12.1. The van der Waals surface area contributed by atoms with E-state index in [4.69, 9.17) is 5.11 Å². The molecular formula is C14H16N2O3S. The molecule has 1 aromatic heterocycles. The van der Waals surface area contributed by atoms with Gasteiger partial charge in [0.25, 0.3) is 5.91 Å². The van der Waals surface area contributed by atoms with Gasteiger partial charge in [-0.05, 0) is 37.5 Å². The minimum atomic E-state index is -0.694. The predicted octanol–water partition coefficient (Wildman–Crippen LogP) is 1.86. The molecule has 3 aliphatic carbocycles. The van der Waals surface area contributed by atoms with E-state index in [1.54, 1.807) is 11.3 Å². The number of hydrogen-bond donors (Lipinski definition) is 2. The summed E-state index contributed by atoms with van der Waals surface area (Å²) in [4.78, 5) is 27.3. The van der Waals surface area contributed by atoms with Crippen LogP contribution in [0.3, 0.4) is 0 Å². The van der Waals surface area contributed by atoms with Crippen LogP contribution in [0, 0.1) is 17.8 Å². The van der Waals surface area contributed by atoms with E-state index < -0.39 is 5.97 Å². The lowest BCUT2D eigenvalue weighted by Crippen LogP contribution is -2.27. The summed E-state index contributed by atoms with van der Waals surface area (Å²) in [6, 6.07) is 0.155. The number of thiazole rings is 1. The summed E-state index contributed by atoms with van der Waals surface area (Å²) in [7, 11) is 0. The van der Waals surface area contributed by atoms with Crippen molar-refractivity contribution in [2.75, 3.05) is 0 Å². The highest BCUT2D eigenvalue weighted by atomic mass is 32.1. The van der Waals surface area contributed by atoms with E-state index in [0.717, 1.165) is 17.8 Å². The first kappa shape index (κ1) is 12.3. The van der Waals surface area contributed by atoms with Gasteiger partial charge in [-0.2, -0.15) is 0 Å². The van der Waals surface area contributed by atoms with Gasteiger partial charge in [0.2, 0.25) is 0 Å². The highest BCUT2D eigenvalue weighted by molar-refractivity contribution is 7.10. The van der Waals surface area contributed by atoms with Crippen LogP contribution in [0.25, 0.3) is 0 Å². The summed E-state index contributed by atoms with van der Waals surface area (Å²) >= 11 is 1.57. The minimum absolute atomic E-state index is 0.104. The number of nitrogens with one attached hydrogen (secondary N) is 1. The molecule has 3 aliphatic rings. The van der Waals surface area contributed by atoms with Crippen molar-refractivity contribution in [1.82, 2.24) is 10.3 Å². The van der Waals surface area contributed by atoms with Gasteiger partial charge in [0.1, 0.15) is 5.69 Å². The second kappa shape index (κ2) is 4.28. The van der Waals surface area contributed by atoms with E-state index in [9.17, 15) is 9.59 Å². The average molecular weight is 292 g/mol. The molecule has 3 saturated carbocycles. The molecular weight excluding hydrogens is 276 g/mol. The number of carboxylic acid groups (broad SMARTS) is 1. The summed E-state index contributed by atoms with van der Waals surface area (Å²) in [5, 5.41) is 14.8. The third-order valence-electron chi connectivity index (χ3n) is 4.54. The minimum Gasteiger partial charge on any atom is -0.481 e. The predicted molar refractivity (Wildman–Crippen MR) is 72.7 cm³/mol. The van der Waals surface area contributed by atoms with Crippen molar-refractivity contribution in [1.29, 1.82) is 0 Å². The van der Waals surface area contributed by atoms with E-state index >= 15 is 0 Å². The third-order valence-corrected chi connectivity index (χ3v) is 5.55. The Kier molecular flexibility index (Phi) is 2.64. The molecule has 1 aromatic rings. The zero-order valence-corrected chi connectivity index (χ0v) is 11.7. The monoisotopic (exact) mass is 292 g/mol. The molecule has 3 fully saturated rings. The molecule has 0 bridgehead atoms. The fourth-order valence-corrected chi connectivity index (χ4v) is 3.95. The van der Waals surface area contributed by atoms with Gasteiger partial charge in [0, 0.05) is 17.3 Å². The van der Waals surface area contributed by atoms with Crippen LogP contribution in [0.2, 0.25) is 0 Å². The molecule has 6 heteroatoms. The Bertz CT molecular complexity index is 581. The summed E-state index contributed by atoms with van der Waals surface area (Å²) in [5.41, 5.74) is 0.521. The maximum absolute atomic E-state index is 12.1. The first-order valence-corrected chi connectivity index (χ1v) is 8.00. The van der Waals surface area contributed by atoms with E-state index in [1.807, 2.05) is 5.38 Å². The Morgan fingerprint density at radius 3 is 2.75 bits per heavy atom. The Hall–Kier alpha value is -1.43. The van der Waals surface area contributed by atoms with Gasteiger partial charge in [0.05, 0.1) is 10.9 Å². The van der Waals surface area contributed by atoms with Crippen molar-refractivity contribution in [3.63, 3.8) is 0 Å². The molecule has 0 aromatic carbocycles. The van der Waals surface area contributed by atoms with Crippen LogP contribution < -0.4 is 5.32 Å². The Morgan fingerprint density at radius 1 is 1.30 bits per heavy atom. The van der Waals surface area contributed by atoms with Crippen molar-refractivity contribution in [3.8, 4) is 0 Å². The van der Waals surface area contributed by atoms with Gasteiger partial charge in [0.15, 0.2) is 0 Å². The van der Waals surface area contributed by atoms with Crippen LogP contribution in [0.1, 0.15) is 47.1 Å². The standard InChI is InChI=1S/C14H16N2O3S/c17-12(11-5-20-13(16-11)6-1-2-6)15-10-4-8(10)7-3-9(7)14(18)19/h5-10H,1-4H2,(H,15,17)(H,18,19)/t7-,8+,9-,10+/m1/s1. The summed E-state index contributed by atoms with van der Waals surface area (Å²) in [6.45, 7) is 0. The number of aliphatic carboxylic acids is 1. The molecule has 0 unspecified atom stereocenters. The fraction of sp³-hybridized carbons (Fsp3) is 0.643. The molecule has 0 aliphatic heterocycles. The zero-order valence-electron chi connectivity index (χ0n) is 10.9. The summed E-state index contributed by atoms with van der Waals surface area (Å²) in [6.07, 6.45) is 4.07. The SMILES string of the molecule is O=C(N[C@H]1C[C@H]1[C@H]1C[C@H]1C(=O)O)c1csc(C2CC2)n1. The van der Waals surface area contributed by atoms with Gasteiger partial charge >= 0.3 is 5.97 Å². The van der Waals surface area contributed by atoms with Gasteiger partial charge in [-0.1, -0.05) is 0 Å². The number of aromatic nitrogens is 1. The molecule has 0 radical (unpaired) electrons. The number of carbonyl (C=O) groups excluding carboxylic acids is 1. The molecule has 4 atom stereocenters. The zero-order chi connectivity index (χ0) is 13.9. The van der Waals surface area contributed by atoms with E-state index in [1.165, 1.54) is 12.8 Å². The van der Waals surface area contributed by atoms with Crippen molar-refractivity contribution < 1.29 is 14.7 Å². The number of hydrogen-bond acceptors (Lipinski definition) is 4. The highest BCUT2D eigenvalue weighted by Gasteiger charge is 2.56. The maximum Gasteiger partial charge on any atom is 0.306 e. The van der Waals surface area contributed by atoms with Crippen molar-refractivity contribution in [2.45, 2.75) is 37.6 Å². The van der Waals surface area contributed by atoms with Crippen LogP contribution in [0.15, 0.2) is 5.38 Å². The highest BCUT2D eigenvalue weighted by Crippen LogP contribution is 2.54. The Morgan fingerprint density at radius 2 is 2.10 bits per heavy atom. The van der Waals surface area contributed by atoms with Crippen LogP contribution in [-0.2, 0) is 4.79 Å². The van der Waals surface area contributed by atoms with E-state index in [-0.39, 0.29) is 23.8 Å². The average Bonchev–Trinajstić information content (AvgIpc) is 3.25. The quantitative estimate of drug-likeness (QED) is 0.868. The normalized spacial score (nSPS) is 34.6. The number of carboxylic acids is 1. The molecule has 2 N–H and O–H groups in total. The number of nitrogens with zero attached hydrogens (tertiary/aromatic N) is 1. The van der Waals surface area contributed by atoms with Gasteiger partial charge in [-0.25, -0.2) is 4.98 Å². The summed E-state index contributed by atoms with van der Waals surface area (Å²) in [5.74, 6) is 0.242. The van der Waals surface area contributed by atoms with Crippen molar-refractivity contribution in [2.24, 2.45) is 17.8 Å². The molecule has 20 heavy (non-hydrogen) atoms. The molecule has 4 rings (SSSR count). The molecule has 1 heterocycles. The Labute approximate surface area is 120 Å². The van der Waals surface area contributed by atoms with Crippen LogP contribution >= 0.6 is 11.3 Å². The first-order valence-electron chi connectivity index (χ1n) is 7.12. The van der Waals surface area contributed by atoms with Gasteiger partial charge < -0.3 is 10.4 Å². The lowest BCUT2D eigenvalue weighted by atomic mass is 10.2. The second-order valence-corrected chi connectivity index (χ2v) is 7.06. The molecule has 0 saturated heterocycles. The molecule has 0 spiro atoms. The molecule has 106 valence electrons. The molecule has 5 nitrogen and oxygen atoms in total. The lowest BCUT2D eigenvalue weighted by molar-refractivity contribution is -0.138. The summed E-state index contributed by atoms with van der Waals surface area (Å²) < 4.78 is 0. The molecule has 1 amide bonds. The van der Waals surface area contributed by atoms with E-state index in [2.05, 4.69) is 10.3 Å². The lowest BCUT2D eigenvalue weighted by Gasteiger charge is -2.01. The van der Waals surface area contributed by atoms with Crippen molar-refractivity contribution >= 4 is 23.2 Å². The number of rotatable bonds is 5. The van der Waals surface area contributed by atoms with Crippen LogP contribution in [0.5, 0.6) is 0 Å². The Balaban J connectivity index is 1.31. The van der Waals surface area contributed by atoms with Crippen molar-refractivity contribution in [3.05, 3.63) is 16.1 Å². The topological polar surface area (TPSA) is 79.3 Å². The van der Waals surface area contributed by atoms with Crippen LogP contribution in [0.4, 0.5) is 0 Å². The largest absolute Gasteiger partial charge is 0.481 e. The number of amides is 1.